The van der Waals surface area contributed by atoms with Crippen LogP contribution in [0.1, 0.15) is 32.6 Å². The second kappa shape index (κ2) is 6.71. The molecule has 0 bridgehead atoms. The molecular weight excluding hydrogens is 254 g/mol. The number of hydrogen-bond donors (Lipinski definition) is 2. The van der Waals surface area contributed by atoms with Crippen LogP contribution >= 0.6 is 0 Å². The standard InChI is InChI=1S/C11H19N3O3S/c1-9-2-4-10(5-3-9)14-18(16,17)8-11(15)13-7-6-12/h9-10,14H,2-5,7-8H2,1H3,(H,13,15). The summed E-state index contributed by atoms with van der Waals surface area (Å²) in [6, 6.07) is 1.66. The zero-order chi connectivity index (χ0) is 13.6. The van der Waals surface area contributed by atoms with Crippen LogP contribution in [0.25, 0.3) is 0 Å². The molecule has 2 N–H and O–H groups in total. The molecule has 102 valence electrons. The maximum atomic E-state index is 11.7. The number of sulfonamides is 1. The van der Waals surface area contributed by atoms with Gasteiger partial charge in [-0.15, -0.1) is 0 Å². The normalized spacial score (nSPS) is 24.2. The van der Waals surface area contributed by atoms with Gasteiger partial charge in [0.15, 0.2) is 0 Å². The van der Waals surface area contributed by atoms with Crippen LogP contribution in [0, 0.1) is 17.2 Å². The minimum absolute atomic E-state index is 0.0602. The third kappa shape index (κ3) is 5.47. The van der Waals surface area contributed by atoms with Crippen LogP contribution in [0.15, 0.2) is 0 Å². The van der Waals surface area contributed by atoms with Gasteiger partial charge in [0.05, 0.1) is 6.07 Å². The van der Waals surface area contributed by atoms with Gasteiger partial charge in [-0.3, -0.25) is 4.79 Å². The molecule has 0 aromatic carbocycles. The third-order valence-corrected chi connectivity index (χ3v) is 4.38. The van der Waals surface area contributed by atoms with Gasteiger partial charge >= 0.3 is 0 Å². The summed E-state index contributed by atoms with van der Waals surface area (Å²) in [5, 5.41) is 10.5. The average molecular weight is 273 g/mol. The van der Waals surface area contributed by atoms with E-state index in [1.54, 1.807) is 6.07 Å². The molecule has 1 rings (SSSR count). The van der Waals surface area contributed by atoms with E-state index >= 15 is 0 Å². The number of nitrogens with one attached hydrogen (secondary N) is 2. The number of hydrogen-bond acceptors (Lipinski definition) is 4. The Morgan fingerprint density at radius 3 is 2.50 bits per heavy atom. The summed E-state index contributed by atoms with van der Waals surface area (Å²) in [5.74, 6) is -0.612. The number of rotatable bonds is 5. The molecule has 0 radical (unpaired) electrons. The van der Waals surface area contributed by atoms with Gasteiger partial charge in [0.25, 0.3) is 0 Å². The fraction of sp³-hybridized carbons (Fsp3) is 0.818. The highest BCUT2D eigenvalue weighted by atomic mass is 32.2. The SMILES string of the molecule is CC1CCC(NS(=O)(=O)CC(=O)NCC#N)CC1. The van der Waals surface area contributed by atoms with Gasteiger partial charge in [-0.1, -0.05) is 6.92 Å². The van der Waals surface area contributed by atoms with Crippen LogP contribution < -0.4 is 10.0 Å². The van der Waals surface area contributed by atoms with E-state index in [0.717, 1.165) is 25.7 Å². The molecule has 1 fully saturated rings. The Morgan fingerprint density at radius 1 is 1.33 bits per heavy atom. The van der Waals surface area contributed by atoms with Crippen molar-refractivity contribution in [2.24, 2.45) is 5.92 Å². The van der Waals surface area contributed by atoms with E-state index in [2.05, 4.69) is 17.0 Å². The van der Waals surface area contributed by atoms with E-state index in [0.29, 0.717) is 5.92 Å². The molecule has 0 unspecified atom stereocenters. The summed E-state index contributed by atoms with van der Waals surface area (Å²) >= 11 is 0. The first-order valence-electron chi connectivity index (χ1n) is 6.06. The minimum atomic E-state index is -3.60. The lowest BCUT2D eigenvalue weighted by atomic mass is 9.88. The van der Waals surface area contributed by atoms with Crippen LogP contribution in [0.3, 0.4) is 0 Å². The molecular formula is C11H19N3O3S. The molecule has 0 spiro atoms. The topological polar surface area (TPSA) is 99.1 Å². The monoisotopic (exact) mass is 273 g/mol. The first kappa shape index (κ1) is 14.9. The third-order valence-electron chi connectivity index (χ3n) is 3.05. The van der Waals surface area contributed by atoms with E-state index in [1.807, 2.05) is 0 Å². The summed E-state index contributed by atoms with van der Waals surface area (Å²) in [6.07, 6.45) is 3.65. The lowest BCUT2D eigenvalue weighted by Crippen LogP contribution is -2.42. The Balaban J connectivity index is 2.40. The second-order valence-electron chi connectivity index (χ2n) is 4.77. The summed E-state index contributed by atoms with van der Waals surface area (Å²) in [6.45, 7) is 1.98. The molecule has 1 saturated carbocycles. The van der Waals surface area contributed by atoms with Crippen molar-refractivity contribution in [2.45, 2.75) is 38.6 Å². The Hall–Kier alpha value is -1.13. The Kier molecular flexibility index (Phi) is 5.56. The molecule has 1 amide bonds. The van der Waals surface area contributed by atoms with Crippen LogP contribution in [0.4, 0.5) is 0 Å². The fourth-order valence-electron chi connectivity index (χ4n) is 2.04. The van der Waals surface area contributed by atoms with Crippen molar-refractivity contribution in [1.82, 2.24) is 10.0 Å². The molecule has 0 aromatic heterocycles. The molecule has 0 aliphatic heterocycles. The molecule has 1 aliphatic rings. The molecule has 0 saturated heterocycles. The van der Waals surface area contributed by atoms with Crippen molar-refractivity contribution < 1.29 is 13.2 Å². The van der Waals surface area contributed by atoms with Gasteiger partial charge in [0.1, 0.15) is 12.3 Å². The summed E-state index contributed by atoms with van der Waals surface area (Å²) < 4.78 is 25.9. The van der Waals surface area contributed by atoms with E-state index in [1.165, 1.54) is 0 Å². The quantitative estimate of drug-likeness (QED) is 0.695. The van der Waals surface area contributed by atoms with Crippen molar-refractivity contribution in [2.75, 3.05) is 12.3 Å². The van der Waals surface area contributed by atoms with Crippen molar-refractivity contribution in [1.29, 1.82) is 5.26 Å². The average Bonchev–Trinajstić information content (AvgIpc) is 2.28. The molecule has 0 atom stereocenters. The van der Waals surface area contributed by atoms with Gasteiger partial charge < -0.3 is 5.32 Å². The number of carbonyl (C=O) groups is 1. The lowest BCUT2D eigenvalue weighted by Gasteiger charge is -2.26. The molecule has 0 aromatic rings. The van der Waals surface area contributed by atoms with E-state index in [9.17, 15) is 13.2 Å². The number of nitriles is 1. The van der Waals surface area contributed by atoms with E-state index in [4.69, 9.17) is 5.26 Å². The largest absolute Gasteiger partial charge is 0.342 e. The van der Waals surface area contributed by atoms with Crippen molar-refractivity contribution in [3.8, 4) is 6.07 Å². The number of amides is 1. The smallest absolute Gasteiger partial charge is 0.237 e. The van der Waals surface area contributed by atoms with Gasteiger partial charge in [-0.05, 0) is 31.6 Å². The first-order chi connectivity index (χ1) is 8.43. The maximum absolute atomic E-state index is 11.7. The fourth-order valence-corrected chi connectivity index (χ4v) is 3.31. The maximum Gasteiger partial charge on any atom is 0.237 e. The van der Waals surface area contributed by atoms with Crippen molar-refractivity contribution >= 4 is 15.9 Å². The first-order valence-corrected chi connectivity index (χ1v) is 7.72. The highest BCUT2D eigenvalue weighted by Gasteiger charge is 2.24. The zero-order valence-corrected chi connectivity index (χ0v) is 11.3. The summed E-state index contributed by atoms with van der Waals surface area (Å²) in [7, 11) is -3.60. The molecule has 18 heavy (non-hydrogen) atoms. The Bertz CT molecular complexity index is 419. The Morgan fingerprint density at radius 2 is 1.94 bits per heavy atom. The van der Waals surface area contributed by atoms with Gasteiger partial charge in [0, 0.05) is 6.04 Å². The van der Waals surface area contributed by atoms with Crippen LogP contribution in [0.2, 0.25) is 0 Å². The molecule has 7 heteroatoms. The highest BCUT2D eigenvalue weighted by Crippen LogP contribution is 2.23. The zero-order valence-electron chi connectivity index (χ0n) is 10.5. The molecule has 1 aliphatic carbocycles. The number of carbonyl (C=O) groups excluding carboxylic acids is 1. The van der Waals surface area contributed by atoms with Gasteiger partial charge in [-0.25, -0.2) is 13.1 Å². The summed E-state index contributed by atoms with van der Waals surface area (Å²) in [4.78, 5) is 11.2. The van der Waals surface area contributed by atoms with E-state index < -0.39 is 21.7 Å². The van der Waals surface area contributed by atoms with Crippen LogP contribution in [0.5, 0.6) is 0 Å². The highest BCUT2D eigenvalue weighted by molar-refractivity contribution is 7.90. The second-order valence-corrected chi connectivity index (χ2v) is 6.52. The Labute approximate surface area is 108 Å². The van der Waals surface area contributed by atoms with Crippen molar-refractivity contribution in [3.05, 3.63) is 0 Å². The number of nitrogens with zero attached hydrogens (tertiary/aromatic N) is 1. The predicted molar refractivity (Wildman–Crippen MR) is 67.0 cm³/mol. The van der Waals surface area contributed by atoms with Gasteiger partial charge in [0.2, 0.25) is 15.9 Å². The predicted octanol–water partition coefficient (Wildman–Crippen LogP) is 0.124. The van der Waals surface area contributed by atoms with E-state index in [-0.39, 0.29) is 12.6 Å². The van der Waals surface area contributed by atoms with Crippen molar-refractivity contribution in [3.63, 3.8) is 0 Å². The van der Waals surface area contributed by atoms with Crippen LogP contribution in [-0.2, 0) is 14.8 Å². The van der Waals surface area contributed by atoms with Gasteiger partial charge in [-0.2, -0.15) is 5.26 Å². The molecule has 0 heterocycles. The minimum Gasteiger partial charge on any atom is -0.342 e. The van der Waals surface area contributed by atoms with Crippen LogP contribution in [-0.4, -0.2) is 32.7 Å². The molecule has 6 nitrogen and oxygen atoms in total. The lowest BCUT2D eigenvalue weighted by molar-refractivity contribution is -0.118. The summed E-state index contributed by atoms with van der Waals surface area (Å²) in [5.41, 5.74) is 0.